The van der Waals surface area contributed by atoms with Gasteiger partial charge in [0.2, 0.25) is 0 Å². The van der Waals surface area contributed by atoms with Crippen LogP contribution in [-0.2, 0) is 12.6 Å². The fourth-order valence-electron chi connectivity index (χ4n) is 3.63. The van der Waals surface area contributed by atoms with E-state index in [1.54, 1.807) is 24.0 Å². The second-order valence-corrected chi connectivity index (χ2v) is 6.97. The van der Waals surface area contributed by atoms with Crippen LogP contribution in [-0.4, -0.2) is 33.9 Å². The molecular formula is C20H22F3N3O. The quantitative estimate of drug-likeness (QED) is 0.799. The summed E-state index contributed by atoms with van der Waals surface area (Å²) in [5.74, 6) is 0.0856. The molecule has 2 aromatic rings. The Morgan fingerprint density at radius 3 is 2.81 bits per heavy atom. The number of likely N-dealkylation sites (tertiary alicyclic amines) is 1. The van der Waals surface area contributed by atoms with Crippen molar-refractivity contribution in [3.05, 3.63) is 59.2 Å². The molecule has 0 bridgehead atoms. The molecule has 0 unspecified atom stereocenters. The minimum absolute atomic E-state index is 0.103. The Balaban J connectivity index is 1.65. The molecule has 1 aromatic carbocycles. The molecule has 0 saturated carbocycles. The summed E-state index contributed by atoms with van der Waals surface area (Å²) in [5, 5.41) is 0. The number of alkyl halides is 3. The van der Waals surface area contributed by atoms with Gasteiger partial charge in [0.1, 0.15) is 6.33 Å². The molecule has 1 amide bonds. The van der Waals surface area contributed by atoms with Crippen molar-refractivity contribution in [3.63, 3.8) is 0 Å². The number of carbonyl (C=O) groups is 1. The van der Waals surface area contributed by atoms with Gasteiger partial charge in [-0.05, 0) is 50.2 Å². The van der Waals surface area contributed by atoms with Crippen molar-refractivity contribution in [1.82, 2.24) is 14.9 Å². The van der Waals surface area contributed by atoms with Gasteiger partial charge in [-0.15, -0.1) is 0 Å². The lowest BCUT2D eigenvalue weighted by molar-refractivity contribution is -0.138. The molecule has 27 heavy (non-hydrogen) atoms. The van der Waals surface area contributed by atoms with Crippen LogP contribution in [0.25, 0.3) is 0 Å². The van der Waals surface area contributed by atoms with Crippen LogP contribution < -0.4 is 0 Å². The van der Waals surface area contributed by atoms with E-state index in [-0.39, 0.29) is 11.8 Å². The van der Waals surface area contributed by atoms with Gasteiger partial charge in [-0.3, -0.25) is 4.79 Å². The van der Waals surface area contributed by atoms with Crippen molar-refractivity contribution in [2.45, 2.75) is 38.8 Å². The van der Waals surface area contributed by atoms with Crippen molar-refractivity contribution < 1.29 is 18.0 Å². The lowest BCUT2D eigenvalue weighted by Gasteiger charge is -2.33. The number of piperidine rings is 1. The highest BCUT2D eigenvalue weighted by Gasteiger charge is 2.33. The van der Waals surface area contributed by atoms with E-state index in [1.807, 2.05) is 0 Å². The van der Waals surface area contributed by atoms with E-state index in [2.05, 4.69) is 9.97 Å². The highest BCUT2D eigenvalue weighted by Crippen LogP contribution is 2.33. The zero-order valence-electron chi connectivity index (χ0n) is 15.2. The third kappa shape index (κ3) is 4.64. The predicted molar refractivity (Wildman–Crippen MR) is 95.2 cm³/mol. The minimum Gasteiger partial charge on any atom is -0.338 e. The van der Waals surface area contributed by atoms with Gasteiger partial charge < -0.3 is 4.90 Å². The number of nitrogens with zero attached hydrogens (tertiary/aromatic N) is 3. The molecule has 0 N–H and O–H groups in total. The minimum atomic E-state index is -4.34. The van der Waals surface area contributed by atoms with Gasteiger partial charge in [-0.25, -0.2) is 9.97 Å². The fraction of sp³-hybridized carbons (Fsp3) is 0.450. The number of carbonyl (C=O) groups excluding carboxylic acids is 1. The van der Waals surface area contributed by atoms with Gasteiger partial charge in [-0.2, -0.15) is 13.2 Å². The van der Waals surface area contributed by atoms with Gasteiger partial charge >= 0.3 is 6.18 Å². The lowest BCUT2D eigenvalue weighted by atomic mass is 9.90. The van der Waals surface area contributed by atoms with Crippen molar-refractivity contribution in [2.24, 2.45) is 5.92 Å². The maximum Gasteiger partial charge on any atom is 0.416 e. The second-order valence-electron chi connectivity index (χ2n) is 6.97. The first-order chi connectivity index (χ1) is 12.9. The maximum atomic E-state index is 13.1. The van der Waals surface area contributed by atoms with Crippen LogP contribution in [0.2, 0.25) is 0 Å². The molecule has 1 aliphatic rings. The molecule has 1 aliphatic heterocycles. The smallest absolute Gasteiger partial charge is 0.338 e. The Morgan fingerprint density at radius 2 is 2.07 bits per heavy atom. The summed E-state index contributed by atoms with van der Waals surface area (Å²) in [7, 11) is 0. The average molecular weight is 377 g/mol. The summed E-state index contributed by atoms with van der Waals surface area (Å²) in [6, 6.07) is 5.72. The van der Waals surface area contributed by atoms with Crippen LogP contribution in [0, 0.1) is 12.8 Å². The topological polar surface area (TPSA) is 46.1 Å². The van der Waals surface area contributed by atoms with Gasteiger partial charge in [-0.1, -0.05) is 18.2 Å². The number of rotatable bonds is 4. The first-order valence-electron chi connectivity index (χ1n) is 9.07. The number of aromatic nitrogens is 2. The molecular weight excluding hydrogens is 355 g/mol. The lowest BCUT2D eigenvalue weighted by Crippen LogP contribution is -2.40. The van der Waals surface area contributed by atoms with Crippen LogP contribution in [0.15, 0.2) is 36.8 Å². The number of amides is 1. The van der Waals surface area contributed by atoms with E-state index in [4.69, 9.17) is 0 Å². The van der Waals surface area contributed by atoms with Crippen molar-refractivity contribution in [2.75, 3.05) is 13.1 Å². The average Bonchev–Trinajstić information content (AvgIpc) is 2.66. The van der Waals surface area contributed by atoms with E-state index in [1.165, 1.54) is 18.6 Å². The monoisotopic (exact) mass is 377 g/mol. The summed E-state index contributed by atoms with van der Waals surface area (Å²) in [4.78, 5) is 22.5. The molecule has 2 heterocycles. The SMILES string of the molecule is Cc1ncncc1C(=O)N1CCC[C@H](CCc2ccccc2C(F)(F)F)C1. The first kappa shape index (κ1) is 19.3. The molecule has 1 aromatic heterocycles. The normalized spacial score (nSPS) is 17.8. The number of benzene rings is 1. The summed E-state index contributed by atoms with van der Waals surface area (Å²) in [6.07, 6.45) is 1.34. The Hall–Kier alpha value is -2.44. The van der Waals surface area contributed by atoms with Gasteiger partial charge in [0.25, 0.3) is 5.91 Å². The third-order valence-electron chi connectivity index (χ3n) is 5.09. The van der Waals surface area contributed by atoms with Gasteiger partial charge in [0, 0.05) is 19.3 Å². The standard InChI is InChI=1S/C20H22F3N3O/c1-14-17(11-24-13-25-14)19(27)26-10-4-5-15(12-26)8-9-16-6-2-3-7-18(16)20(21,22)23/h2-3,6-7,11,13,15H,4-5,8-10,12H2,1H3/t15-/m1/s1. The largest absolute Gasteiger partial charge is 0.416 e. The molecule has 3 rings (SSSR count). The molecule has 1 atom stereocenters. The summed E-state index contributed by atoms with van der Waals surface area (Å²) in [5.41, 5.74) is 0.878. The van der Waals surface area contributed by atoms with Crippen LogP contribution >= 0.6 is 0 Å². The molecule has 1 saturated heterocycles. The maximum absolute atomic E-state index is 13.1. The van der Waals surface area contributed by atoms with E-state index in [0.717, 1.165) is 18.9 Å². The molecule has 4 nitrogen and oxygen atoms in total. The van der Waals surface area contributed by atoms with E-state index < -0.39 is 11.7 Å². The molecule has 0 spiro atoms. The summed E-state index contributed by atoms with van der Waals surface area (Å²) < 4.78 is 39.4. The Morgan fingerprint density at radius 1 is 1.30 bits per heavy atom. The number of hydrogen-bond acceptors (Lipinski definition) is 3. The first-order valence-corrected chi connectivity index (χ1v) is 9.07. The Kier molecular flexibility index (Phi) is 5.77. The Bertz CT molecular complexity index is 807. The number of halogens is 3. The van der Waals surface area contributed by atoms with Crippen molar-refractivity contribution >= 4 is 5.91 Å². The Labute approximate surface area is 156 Å². The van der Waals surface area contributed by atoms with Crippen LogP contribution in [0.4, 0.5) is 13.2 Å². The highest BCUT2D eigenvalue weighted by atomic mass is 19.4. The van der Waals surface area contributed by atoms with Crippen molar-refractivity contribution in [1.29, 1.82) is 0 Å². The van der Waals surface area contributed by atoms with Crippen molar-refractivity contribution in [3.8, 4) is 0 Å². The second kappa shape index (κ2) is 8.06. The van der Waals surface area contributed by atoms with E-state index >= 15 is 0 Å². The summed E-state index contributed by atoms with van der Waals surface area (Å²) in [6.45, 7) is 2.98. The number of hydrogen-bond donors (Lipinski definition) is 0. The molecule has 0 aliphatic carbocycles. The van der Waals surface area contributed by atoms with E-state index in [9.17, 15) is 18.0 Å². The molecule has 144 valence electrons. The fourth-order valence-corrected chi connectivity index (χ4v) is 3.63. The number of aryl methyl sites for hydroxylation is 2. The van der Waals surface area contributed by atoms with Crippen LogP contribution in [0.5, 0.6) is 0 Å². The predicted octanol–water partition coefficient (Wildman–Crippen LogP) is 4.29. The third-order valence-corrected chi connectivity index (χ3v) is 5.09. The van der Waals surface area contributed by atoms with Crippen LogP contribution in [0.3, 0.4) is 0 Å². The molecule has 7 heteroatoms. The summed E-state index contributed by atoms with van der Waals surface area (Å²) >= 11 is 0. The van der Waals surface area contributed by atoms with Gasteiger partial charge in [0.05, 0.1) is 16.8 Å². The zero-order chi connectivity index (χ0) is 19.4. The zero-order valence-corrected chi connectivity index (χ0v) is 15.2. The van der Waals surface area contributed by atoms with E-state index in [0.29, 0.717) is 42.8 Å². The molecule has 0 radical (unpaired) electrons. The molecule has 1 fully saturated rings. The highest BCUT2D eigenvalue weighted by molar-refractivity contribution is 5.94. The van der Waals surface area contributed by atoms with Crippen LogP contribution in [0.1, 0.15) is 46.4 Å². The van der Waals surface area contributed by atoms with Gasteiger partial charge in [0.15, 0.2) is 0 Å².